The van der Waals surface area contributed by atoms with Crippen LogP contribution in [-0.4, -0.2) is 44.3 Å². The molecule has 0 aliphatic carbocycles. The second kappa shape index (κ2) is 7.60. The van der Waals surface area contributed by atoms with E-state index >= 15 is 0 Å². The predicted octanol–water partition coefficient (Wildman–Crippen LogP) is 3.09. The van der Waals surface area contributed by atoms with Crippen LogP contribution >= 0.6 is 27.5 Å². The number of rotatable bonds is 5. The van der Waals surface area contributed by atoms with Crippen LogP contribution in [0, 0.1) is 0 Å². The lowest BCUT2D eigenvalue weighted by Crippen LogP contribution is -2.40. The van der Waals surface area contributed by atoms with Crippen molar-refractivity contribution in [1.82, 2.24) is 10.2 Å². The quantitative estimate of drug-likeness (QED) is 0.886. The Morgan fingerprint density at radius 3 is 2.84 bits per heavy atom. The van der Waals surface area contributed by atoms with E-state index in [4.69, 9.17) is 16.3 Å². The third-order valence-corrected chi connectivity index (χ3v) is 4.23. The fourth-order valence-electron chi connectivity index (χ4n) is 2.23. The number of nitrogens with zero attached hydrogens (tertiary/aromatic N) is 1. The Bertz CT molecular complexity index is 410. The monoisotopic (exact) mass is 346 g/mol. The van der Waals surface area contributed by atoms with E-state index < -0.39 is 0 Å². The second-order valence-corrected chi connectivity index (χ2v) is 6.12. The molecule has 106 valence electrons. The fraction of sp³-hybridized carbons (Fsp3) is 0.571. The predicted molar refractivity (Wildman–Crippen MR) is 82.8 cm³/mol. The SMILES string of the molecule is CC(NCCN1CCOCC1)c1ccc(Br)cc1Cl. The van der Waals surface area contributed by atoms with E-state index in [1.54, 1.807) is 0 Å². The molecule has 1 aliphatic heterocycles. The molecule has 1 aliphatic rings. The van der Waals surface area contributed by atoms with Crippen molar-refractivity contribution in [3.05, 3.63) is 33.3 Å². The maximum absolute atomic E-state index is 6.26. The van der Waals surface area contributed by atoms with Gasteiger partial charge in [0.2, 0.25) is 0 Å². The van der Waals surface area contributed by atoms with Gasteiger partial charge < -0.3 is 10.1 Å². The van der Waals surface area contributed by atoms with Crippen LogP contribution in [0.25, 0.3) is 0 Å². The Balaban J connectivity index is 1.78. The van der Waals surface area contributed by atoms with E-state index in [1.165, 1.54) is 0 Å². The smallest absolute Gasteiger partial charge is 0.0594 e. The molecule has 1 heterocycles. The minimum absolute atomic E-state index is 0.265. The summed E-state index contributed by atoms with van der Waals surface area (Å²) in [5.41, 5.74) is 1.15. The van der Waals surface area contributed by atoms with E-state index in [0.717, 1.165) is 54.5 Å². The summed E-state index contributed by atoms with van der Waals surface area (Å²) >= 11 is 9.68. The van der Waals surface area contributed by atoms with Gasteiger partial charge in [-0.05, 0) is 24.6 Å². The first-order chi connectivity index (χ1) is 9.16. The summed E-state index contributed by atoms with van der Waals surface area (Å²) in [6.45, 7) is 7.95. The molecule has 0 aromatic heterocycles. The van der Waals surface area contributed by atoms with Crippen molar-refractivity contribution < 1.29 is 4.74 Å². The summed E-state index contributed by atoms with van der Waals surface area (Å²) in [6, 6.07) is 6.30. The van der Waals surface area contributed by atoms with Crippen molar-refractivity contribution in [1.29, 1.82) is 0 Å². The third-order valence-electron chi connectivity index (χ3n) is 3.41. The van der Waals surface area contributed by atoms with E-state index in [2.05, 4.69) is 39.1 Å². The molecule has 0 saturated carbocycles. The Kier molecular flexibility index (Phi) is 6.10. The van der Waals surface area contributed by atoms with Crippen LogP contribution in [0.15, 0.2) is 22.7 Å². The Hall–Kier alpha value is -0.130. The molecule has 0 spiro atoms. The Labute approximate surface area is 128 Å². The van der Waals surface area contributed by atoms with Crippen LogP contribution in [0.2, 0.25) is 5.02 Å². The summed E-state index contributed by atoms with van der Waals surface area (Å²) in [6.07, 6.45) is 0. The minimum Gasteiger partial charge on any atom is -0.379 e. The molecule has 1 saturated heterocycles. The summed E-state index contributed by atoms with van der Waals surface area (Å²) in [4.78, 5) is 2.42. The van der Waals surface area contributed by atoms with Gasteiger partial charge in [0.1, 0.15) is 0 Å². The molecule has 0 amide bonds. The highest BCUT2D eigenvalue weighted by atomic mass is 79.9. The molecule has 1 fully saturated rings. The maximum atomic E-state index is 6.26. The Morgan fingerprint density at radius 2 is 2.16 bits per heavy atom. The molecule has 19 heavy (non-hydrogen) atoms. The van der Waals surface area contributed by atoms with E-state index in [9.17, 15) is 0 Å². The standard InChI is InChI=1S/C14H20BrClN2O/c1-11(13-3-2-12(15)10-14(13)16)17-4-5-18-6-8-19-9-7-18/h2-3,10-11,17H,4-9H2,1H3. The topological polar surface area (TPSA) is 24.5 Å². The van der Waals surface area contributed by atoms with Gasteiger partial charge in [-0.25, -0.2) is 0 Å². The van der Waals surface area contributed by atoms with Gasteiger partial charge in [-0.3, -0.25) is 4.90 Å². The zero-order valence-electron chi connectivity index (χ0n) is 11.2. The fourth-order valence-corrected chi connectivity index (χ4v) is 3.06. The Morgan fingerprint density at radius 1 is 1.42 bits per heavy atom. The summed E-state index contributed by atoms with van der Waals surface area (Å²) in [5.74, 6) is 0. The van der Waals surface area contributed by atoms with Gasteiger partial charge in [0, 0.05) is 41.7 Å². The molecule has 2 rings (SSSR count). The van der Waals surface area contributed by atoms with Gasteiger partial charge in [-0.15, -0.1) is 0 Å². The first kappa shape index (κ1) is 15.3. The molecule has 1 atom stereocenters. The largest absolute Gasteiger partial charge is 0.379 e. The van der Waals surface area contributed by atoms with Gasteiger partial charge in [0.25, 0.3) is 0 Å². The summed E-state index contributed by atoms with van der Waals surface area (Å²) in [7, 11) is 0. The number of halogens is 2. The average Bonchev–Trinajstić information content (AvgIpc) is 2.39. The molecule has 1 aromatic rings. The van der Waals surface area contributed by atoms with Crippen LogP contribution in [0.5, 0.6) is 0 Å². The van der Waals surface area contributed by atoms with Crippen LogP contribution in [0.1, 0.15) is 18.5 Å². The molecule has 3 nitrogen and oxygen atoms in total. The molecule has 0 bridgehead atoms. The van der Waals surface area contributed by atoms with Crippen molar-refractivity contribution in [2.45, 2.75) is 13.0 Å². The minimum atomic E-state index is 0.265. The highest BCUT2D eigenvalue weighted by molar-refractivity contribution is 9.10. The average molecular weight is 348 g/mol. The summed E-state index contributed by atoms with van der Waals surface area (Å²) in [5, 5.41) is 4.33. The van der Waals surface area contributed by atoms with Crippen LogP contribution in [0.4, 0.5) is 0 Å². The lowest BCUT2D eigenvalue weighted by molar-refractivity contribution is 0.0382. The molecule has 1 N–H and O–H groups in total. The lowest BCUT2D eigenvalue weighted by Gasteiger charge is -2.27. The van der Waals surface area contributed by atoms with Crippen molar-refractivity contribution in [3.63, 3.8) is 0 Å². The van der Waals surface area contributed by atoms with Crippen LogP contribution in [-0.2, 0) is 4.74 Å². The van der Waals surface area contributed by atoms with E-state index in [1.807, 2.05) is 12.1 Å². The first-order valence-electron chi connectivity index (χ1n) is 6.65. The number of benzene rings is 1. The number of morpholine rings is 1. The van der Waals surface area contributed by atoms with Crippen molar-refractivity contribution in [2.75, 3.05) is 39.4 Å². The van der Waals surface area contributed by atoms with Crippen molar-refractivity contribution in [3.8, 4) is 0 Å². The molecule has 1 unspecified atom stereocenters. The maximum Gasteiger partial charge on any atom is 0.0594 e. The lowest BCUT2D eigenvalue weighted by atomic mass is 10.1. The van der Waals surface area contributed by atoms with Crippen LogP contribution < -0.4 is 5.32 Å². The second-order valence-electron chi connectivity index (χ2n) is 4.80. The normalized spacial score (nSPS) is 18.5. The molecule has 0 radical (unpaired) electrons. The highest BCUT2D eigenvalue weighted by Gasteiger charge is 2.12. The van der Waals surface area contributed by atoms with Crippen LogP contribution in [0.3, 0.4) is 0 Å². The van der Waals surface area contributed by atoms with Gasteiger partial charge in [-0.2, -0.15) is 0 Å². The molecule has 5 heteroatoms. The number of hydrogen-bond acceptors (Lipinski definition) is 3. The zero-order chi connectivity index (χ0) is 13.7. The van der Waals surface area contributed by atoms with E-state index in [0.29, 0.717) is 0 Å². The van der Waals surface area contributed by atoms with Gasteiger partial charge >= 0.3 is 0 Å². The van der Waals surface area contributed by atoms with Gasteiger partial charge in [0.15, 0.2) is 0 Å². The van der Waals surface area contributed by atoms with Gasteiger partial charge in [-0.1, -0.05) is 33.6 Å². The zero-order valence-corrected chi connectivity index (χ0v) is 13.5. The molecular formula is C14H20BrClN2O. The number of ether oxygens (including phenoxy) is 1. The third kappa shape index (κ3) is 4.72. The first-order valence-corrected chi connectivity index (χ1v) is 7.82. The van der Waals surface area contributed by atoms with Gasteiger partial charge in [0.05, 0.1) is 13.2 Å². The summed E-state index contributed by atoms with van der Waals surface area (Å²) < 4.78 is 6.35. The van der Waals surface area contributed by atoms with Crippen molar-refractivity contribution >= 4 is 27.5 Å². The molecule has 1 aromatic carbocycles. The molecular weight excluding hydrogens is 328 g/mol. The number of hydrogen-bond donors (Lipinski definition) is 1. The highest BCUT2D eigenvalue weighted by Crippen LogP contribution is 2.26. The number of nitrogens with one attached hydrogen (secondary N) is 1. The van der Waals surface area contributed by atoms with E-state index in [-0.39, 0.29) is 6.04 Å². The van der Waals surface area contributed by atoms with Crippen molar-refractivity contribution in [2.24, 2.45) is 0 Å².